The minimum Gasteiger partial charge on any atom is -0.741 e. The van der Waals surface area contributed by atoms with Crippen LogP contribution in [0, 0.1) is 0 Å². The van der Waals surface area contributed by atoms with E-state index >= 15 is 0 Å². The van der Waals surface area contributed by atoms with Gasteiger partial charge in [-0.05, 0) is 64.2 Å². The first-order valence-corrected chi connectivity index (χ1v) is 30.6. The fourth-order valence-corrected chi connectivity index (χ4v) is 8.63. The molecule has 0 aliphatic carbocycles. The first kappa shape index (κ1) is 70.8. The zero-order valence-electron chi connectivity index (χ0n) is 46.2. The standard InChI is InChI=1S/C52H92N3O12P.CHF3O3S/c1-6-8-10-12-14-16-18-20-22-24-26-28-30-32-34-36-47(57)66-49-45(44-62-42-43-64-68(60,61)63-41-40-55(3,4)5)65-51(54-39-38-46(56)53-52(54)59)50(49)67-48(58)37-35-33-31-29-27-25-23-21-19-17-15-13-11-9-7-2;2-1(3,4)8(5,6)7/h20-23,38-39,45,49-51H,6-19,24-37,40-44H2,1-5H3,(H-,53,56,59,60,61);(H,5,6,7)/b22-20-,23-21-;/t45-,49-,50-,51-;/m1./s1. The summed E-state index contributed by atoms with van der Waals surface area (Å²) in [6.07, 6.45) is 35.2. The van der Waals surface area contributed by atoms with Crippen molar-refractivity contribution in [3.05, 3.63) is 57.4 Å². The lowest BCUT2D eigenvalue weighted by atomic mass is 10.1. The molecular formula is C53H93F3N3O15PS. The number of esters is 2. The molecule has 2 N–H and O–H groups in total. The summed E-state index contributed by atoms with van der Waals surface area (Å²) in [5, 5.41) is 0. The van der Waals surface area contributed by atoms with Crippen LogP contribution < -0.4 is 11.2 Å². The lowest BCUT2D eigenvalue weighted by Gasteiger charge is -2.25. The molecule has 0 amide bonds. The lowest BCUT2D eigenvalue weighted by molar-refractivity contribution is -0.870. The van der Waals surface area contributed by atoms with E-state index in [1.165, 1.54) is 83.2 Å². The van der Waals surface area contributed by atoms with Gasteiger partial charge in [0.2, 0.25) is 0 Å². The van der Waals surface area contributed by atoms with E-state index in [2.05, 4.69) is 43.1 Å². The van der Waals surface area contributed by atoms with Crippen molar-refractivity contribution in [2.45, 2.75) is 224 Å². The Kier molecular flexibility index (Phi) is 38.1. The highest BCUT2D eigenvalue weighted by Crippen LogP contribution is 2.43. The van der Waals surface area contributed by atoms with Crippen LogP contribution in [0.15, 0.2) is 46.2 Å². The van der Waals surface area contributed by atoms with Gasteiger partial charge in [0.25, 0.3) is 5.56 Å². The Balaban J connectivity index is 0.00000332. The first-order chi connectivity index (χ1) is 36.0. The van der Waals surface area contributed by atoms with Crippen LogP contribution in [0.5, 0.6) is 0 Å². The van der Waals surface area contributed by atoms with Gasteiger partial charge >= 0.3 is 31.0 Å². The Labute approximate surface area is 450 Å². The number of H-pyrrole nitrogens is 1. The van der Waals surface area contributed by atoms with E-state index in [1.807, 2.05) is 21.1 Å². The molecule has 2 rings (SSSR count). The largest absolute Gasteiger partial charge is 0.741 e. The zero-order valence-corrected chi connectivity index (χ0v) is 47.9. The summed E-state index contributed by atoms with van der Waals surface area (Å²) in [6, 6.07) is 1.15. The monoisotopic (exact) mass is 1130 g/mol. The van der Waals surface area contributed by atoms with Crippen molar-refractivity contribution in [2.75, 3.05) is 54.1 Å². The first-order valence-electron chi connectivity index (χ1n) is 27.7. The third kappa shape index (κ3) is 36.1. The van der Waals surface area contributed by atoms with Gasteiger partial charge < -0.3 is 32.9 Å². The molecule has 0 aromatic carbocycles. The second kappa shape index (κ2) is 40.9. The highest BCUT2D eigenvalue weighted by atomic mass is 32.2. The number of hydrogen-bond donors (Lipinski definition) is 2. The molecule has 1 saturated heterocycles. The number of hydrogen-bond acceptors (Lipinski definition) is 14. The predicted octanol–water partition coefficient (Wildman–Crippen LogP) is 11.2. The number of carbonyl (C=O) groups excluding carboxylic acids is 2. The fourth-order valence-electron chi connectivity index (χ4n) is 7.94. The van der Waals surface area contributed by atoms with Crippen LogP contribution in [0.4, 0.5) is 13.2 Å². The normalized spacial score (nSPS) is 18.0. The van der Waals surface area contributed by atoms with Crippen molar-refractivity contribution in [2.24, 2.45) is 0 Å². The smallest absolute Gasteiger partial charge is 0.485 e. The van der Waals surface area contributed by atoms with Crippen LogP contribution in [0.1, 0.15) is 200 Å². The second-order valence-electron chi connectivity index (χ2n) is 20.3. The number of phosphoric ester groups is 1. The number of allylic oxidation sites excluding steroid dienone is 4. The molecule has 1 aromatic heterocycles. The quantitative estimate of drug-likeness (QED) is 0.0118. The van der Waals surface area contributed by atoms with E-state index in [4.69, 9.17) is 41.0 Å². The second-order valence-corrected chi connectivity index (χ2v) is 23.1. The fraction of sp³-hybridized carbons (Fsp3) is 0.811. The molecule has 18 nitrogen and oxygen atoms in total. The number of nitrogens with zero attached hydrogens (tertiary/aromatic N) is 2. The van der Waals surface area contributed by atoms with Crippen molar-refractivity contribution in [1.82, 2.24) is 9.55 Å². The molecule has 0 saturated carbocycles. The van der Waals surface area contributed by atoms with Crippen molar-refractivity contribution in [3.63, 3.8) is 0 Å². The molecule has 76 heavy (non-hydrogen) atoms. The molecule has 23 heteroatoms. The minimum absolute atomic E-state index is 0.0148. The van der Waals surface area contributed by atoms with Gasteiger partial charge in [-0.1, -0.05) is 141 Å². The van der Waals surface area contributed by atoms with Crippen molar-refractivity contribution in [3.8, 4) is 0 Å². The Morgan fingerprint density at radius 2 is 1.12 bits per heavy atom. The molecule has 2 heterocycles. The minimum atomic E-state index is -6.09. The number of quaternary nitrogens is 1. The van der Waals surface area contributed by atoms with E-state index in [-0.39, 0.29) is 39.3 Å². The molecular weight excluding hydrogens is 1040 g/mol. The molecule has 5 atom stereocenters. The van der Waals surface area contributed by atoms with Gasteiger partial charge in [-0.2, -0.15) is 13.2 Å². The summed E-state index contributed by atoms with van der Waals surface area (Å²) in [5.41, 5.74) is -7.06. The molecule has 1 fully saturated rings. The maximum atomic E-state index is 13.5. The number of aromatic nitrogens is 2. The number of nitrogens with one attached hydrogen (secondary N) is 1. The number of rotatable bonds is 43. The third-order valence-electron chi connectivity index (χ3n) is 12.3. The van der Waals surface area contributed by atoms with Crippen LogP contribution in [0.3, 0.4) is 0 Å². The number of ether oxygens (including phenoxy) is 4. The third-order valence-corrected chi connectivity index (χ3v) is 13.9. The van der Waals surface area contributed by atoms with E-state index in [9.17, 15) is 41.8 Å². The number of alkyl halides is 3. The van der Waals surface area contributed by atoms with Gasteiger partial charge in [0.1, 0.15) is 19.3 Å². The van der Waals surface area contributed by atoms with Crippen LogP contribution in [0.2, 0.25) is 0 Å². The predicted molar refractivity (Wildman–Crippen MR) is 285 cm³/mol. The molecule has 1 aromatic rings. The summed E-state index contributed by atoms with van der Waals surface area (Å²) in [5.74, 6) is -1.04. The maximum absolute atomic E-state index is 13.5. The van der Waals surface area contributed by atoms with Gasteiger partial charge in [0.15, 0.2) is 28.6 Å². The molecule has 1 aliphatic heterocycles. The number of likely N-dealkylation sites (N-methyl/N-ethyl adjacent to an activating group) is 1. The SMILES string of the molecule is CCCCCCCC/C=C\CCCCCCCC(=O)O[C@@H]1[C@H](OC(=O)CCCCCCC/C=C\CCCCCCCC)[C@@H](COCCOP(=O)(O)OCC[N+](C)(C)C)O[C@H]1n1ccc(=O)[nH]c1=O.O=S(=O)([O-])C(F)(F)F. The Morgan fingerprint density at radius 1 is 0.711 bits per heavy atom. The van der Waals surface area contributed by atoms with E-state index in [1.54, 1.807) is 0 Å². The summed E-state index contributed by atoms with van der Waals surface area (Å²) >= 11 is 0. The Bertz CT molecular complexity index is 2050. The van der Waals surface area contributed by atoms with Crippen LogP contribution in [-0.2, 0) is 52.3 Å². The van der Waals surface area contributed by atoms with Crippen molar-refractivity contribution >= 4 is 29.9 Å². The summed E-state index contributed by atoms with van der Waals surface area (Å²) < 4.78 is 107. The zero-order chi connectivity index (χ0) is 56.7. The van der Waals surface area contributed by atoms with Gasteiger partial charge in [-0.3, -0.25) is 33.0 Å². The van der Waals surface area contributed by atoms with Gasteiger partial charge in [-0.25, -0.2) is 17.8 Å². The number of unbranched alkanes of at least 4 members (excludes halogenated alkanes) is 22. The van der Waals surface area contributed by atoms with E-state index in [0.29, 0.717) is 23.9 Å². The van der Waals surface area contributed by atoms with Gasteiger partial charge in [-0.15, -0.1) is 0 Å². The van der Waals surface area contributed by atoms with Gasteiger partial charge in [0.05, 0.1) is 41.0 Å². The number of phosphoric acid groups is 1. The highest BCUT2D eigenvalue weighted by Gasteiger charge is 2.51. The molecule has 0 bridgehead atoms. The average molecular weight is 1130 g/mol. The number of carbonyl (C=O) groups is 2. The molecule has 442 valence electrons. The maximum Gasteiger partial charge on any atom is 0.485 e. The van der Waals surface area contributed by atoms with Crippen molar-refractivity contribution in [1.29, 1.82) is 0 Å². The van der Waals surface area contributed by atoms with E-state index < -0.39 is 71.2 Å². The molecule has 0 radical (unpaired) electrons. The molecule has 1 aliphatic rings. The molecule has 0 spiro atoms. The topological polar surface area (TPSA) is 239 Å². The number of aromatic amines is 1. The van der Waals surface area contributed by atoms with Crippen LogP contribution >= 0.6 is 7.82 Å². The lowest BCUT2D eigenvalue weighted by Crippen LogP contribution is -2.42. The summed E-state index contributed by atoms with van der Waals surface area (Å²) in [7, 11) is -4.64. The summed E-state index contributed by atoms with van der Waals surface area (Å²) in [6.45, 7) is 4.34. The van der Waals surface area contributed by atoms with Crippen LogP contribution in [-0.4, -0.2) is 122 Å². The summed E-state index contributed by atoms with van der Waals surface area (Å²) in [4.78, 5) is 64.3. The van der Waals surface area contributed by atoms with E-state index in [0.717, 1.165) is 87.7 Å². The molecule has 1 unspecified atom stereocenters. The van der Waals surface area contributed by atoms with Gasteiger partial charge in [0, 0.05) is 25.1 Å². The Morgan fingerprint density at radius 3 is 1.54 bits per heavy atom. The highest BCUT2D eigenvalue weighted by molar-refractivity contribution is 7.86. The average Bonchev–Trinajstić information content (AvgIpc) is 3.64. The number of halogens is 3. The van der Waals surface area contributed by atoms with Crippen molar-refractivity contribution < 1.29 is 77.7 Å². The Hall–Kier alpha value is -3.21. The van der Waals surface area contributed by atoms with Crippen LogP contribution in [0.25, 0.3) is 0 Å².